The quantitative estimate of drug-likeness (QED) is 0.687. The van der Waals surface area contributed by atoms with Crippen LogP contribution < -0.4 is 10.6 Å². The maximum absolute atomic E-state index is 11.3. The molecule has 1 amide bonds. The standard InChI is InChI=1S/C11H18N4O/c1-9(2)15-11(16)4-6-12-7-10-3-5-13-8-14-10/h3,5,8-9,12H,4,6-7H2,1-2H3,(H,15,16). The van der Waals surface area contributed by atoms with Crippen molar-refractivity contribution in [3.8, 4) is 0 Å². The molecule has 1 heterocycles. The van der Waals surface area contributed by atoms with Crippen LogP contribution >= 0.6 is 0 Å². The van der Waals surface area contributed by atoms with E-state index in [2.05, 4.69) is 20.6 Å². The van der Waals surface area contributed by atoms with Crippen molar-refractivity contribution in [3.63, 3.8) is 0 Å². The molecule has 2 N–H and O–H groups in total. The number of nitrogens with zero attached hydrogens (tertiary/aromatic N) is 2. The summed E-state index contributed by atoms with van der Waals surface area (Å²) >= 11 is 0. The van der Waals surface area contributed by atoms with E-state index in [4.69, 9.17) is 0 Å². The minimum absolute atomic E-state index is 0.0742. The minimum atomic E-state index is 0.0742. The highest BCUT2D eigenvalue weighted by Gasteiger charge is 2.02. The number of carbonyl (C=O) groups is 1. The third-order valence-corrected chi connectivity index (χ3v) is 1.93. The molecule has 0 bridgehead atoms. The Kier molecular flexibility index (Phi) is 5.42. The average molecular weight is 222 g/mol. The number of carbonyl (C=O) groups excluding carboxylic acids is 1. The van der Waals surface area contributed by atoms with Crippen molar-refractivity contribution in [3.05, 3.63) is 24.3 Å². The molecule has 16 heavy (non-hydrogen) atoms. The van der Waals surface area contributed by atoms with Crippen LogP contribution in [0.3, 0.4) is 0 Å². The second kappa shape index (κ2) is 6.90. The number of amides is 1. The number of hydrogen-bond acceptors (Lipinski definition) is 4. The van der Waals surface area contributed by atoms with Crippen molar-refractivity contribution in [2.45, 2.75) is 32.9 Å². The average Bonchev–Trinajstić information content (AvgIpc) is 2.25. The van der Waals surface area contributed by atoms with Crippen molar-refractivity contribution >= 4 is 5.91 Å². The van der Waals surface area contributed by atoms with Gasteiger partial charge in [-0.3, -0.25) is 4.79 Å². The second-order valence-corrected chi connectivity index (χ2v) is 3.85. The van der Waals surface area contributed by atoms with Gasteiger partial charge in [-0.15, -0.1) is 0 Å². The second-order valence-electron chi connectivity index (χ2n) is 3.85. The zero-order chi connectivity index (χ0) is 11.8. The monoisotopic (exact) mass is 222 g/mol. The zero-order valence-electron chi connectivity index (χ0n) is 9.73. The largest absolute Gasteiger partial charge is 0.354 e. The molecule has 0 fully saturated rings. The van der Waals surface area contributed by atoms with Crippen LogP contribution in [0.25, 0.3) is 0 Å². The van der Waals surface area contributed by atoms with Gasteiger partial charge in [0, 0.05) is 31.7 Å². The molecule has 0 aromatic carbocycles. The van der Waals surface area contributed by atoms with E-state index in [1.807, 2.05) is 19.9 Å². The molecule has 0 unspecified atom stereocenters. The molecule has 5 heteroatoms. The Hall–Kier alpha value is -1.49. The summed E-state index contributed by atoms with van der Waals surface area (Å²) in [6.45, 7) is 5.22. The Balaban J connectivity index is 2.10. The first-order valence-corrected chi connectivity index (χ1v) is 5.43. The molecule has 88 valence electrons. The Morgan fingerprint density at radius 2 is 2.31 bits per heavy atom. The first kappa shape index (κ1) is 12.6. The van der Waals surface area contributed by atoms with Crippen molar-refractivity contribution in [1.29, 1.82) is 0 Å². The van der Waals surface area contributed by atoms with Crippen molar-refractivity contribution in [2.24, 2.45) is 0 Å². The third kappa shape index (κ3) is 5.41. The van der Waals surface area contributed by atoms with E-state index in [1.165, 1.54) is 6.33 Å². The van der Waals surface area contributed by atoms with Crippen molar-refractivity contribution in [1.82, 2.24) is 20.6 Å². The summed E-state index contributed by atoms with van der Waals surface area (Å²) in [7, 11) is 0. The molecule has 1 rings (SSSR count). The Bertz CT molecular complexity index is 313. The van der Waals surface area contributed by atoms with Gasteiger partial charge in [0.2, 0.25) is 5.91 Å². The summed E-state index contributed by atoms with van der Waals surface area (Å²) in [6, 6.07) is 2.05. The molecule has 0 radical (unpaired) electrons. The summed E-state index contributed by atoms with van der Waals surface area (Å²) in [4.78, 5) is 19.2. The lowest BCUT2D eigenvalue weighted by atomic mass is 10.3. The van der Waals surface area contributed by atoms with Gasteiger partial charge in [0.25, 0.3) is 0 Å². The zero-order valence-corrected chi connectivity index (χ0v) is 9.73. The summed E-state index contributed by atoms with van der Waals surface area (Å²) < 4.78 is 0. The van der Waals surface area contributed by atoms with Gasteiger partial charge in [0.05, 0.1) is 5.69 Å². The van der Waals surface area contributed by atoms with Crippen LogP contribution in [0.4, 0.5) is 0 Å². The van der Waals surface area contributed by atoms with Crippen molar-refractivity contribution in [2.75, 3.05) is 6.54 Å². The van der Waals surface area contributed by atoms with E-state index in [0.717, 1.165) is 5.69 Å². The van der Waals surface area contributed by atoms with Crippen LogP contribution in [0.15, 0.2) is 18.6 Å². The van der Waals surface area contributed by atoms with Crippen LogP contribution in [0.5, 0.6) is 0 Å². The molecule has 0 aliphatic heterocycles. The Morgan fingerprint density at radius 3 is 2.94 bits per heavy atom. The van der Waals surface area contributed by atoms with E-state index >= 15 is 0 Å². The molecular formula is C11H18N4O. The van der Waals surface area contributed by atoms with E-state index in [1.54, 1.807) is 6.20 Å². The molecule has 0 aliphatic carbocycles. The molecule has 0 saturated heterocycles. The van der Waals surface area contributed by atoms with Gasteiger partial charge in [0.15, 0.2) is 0 Å². The predicted octanol–water partition coefficient (Wildman–Crippen LogP) is 0.481. The fraction of sp³-hybridized carbons (Fsp3) is 0.545. The van der Waals surface area contributed by atoms with Gasteiger partial charge in [0.1, 0.15) is 6.33 Å². The fourth-order valence-corrected chi connectivity index (χ4v) is 1.24. The van der Waals surface area contributed by atoms with E-state index in [0.29, 0.717) is 19.5 Å². The van der Waals surface area contributed by atoms with Crippen LogP contribution in [0, 0.1) is 0 Å². The molecule has 1 aromatic heterocycles. The van der Waals surface area contributed by atoms with Crippen LogP contribution in [0.2, 0.25) is 0 Å². The maximum atomic E-state index is 11.3. The van der Waals surface area contributed by atoms with E-state index < -0.39 is 0 Å². The topological polar surface area (TPSA) is 66.9 Å². The van der Waals surface area contributed by atoms with Gasteiger partial charge in [-0.25, -0.2) is 9.97 Å². The lowest BCUT2D eigenvalue weighted by Crippen LogP contribution is -2.32. The molecular weight excluding hydrogens is 204 g/mol. The highest BCUT2D eigenvalue weighted by atomic mass is 16.1. The molecule has 5 nitrogen and oxygen atoms in total. The lowest BCUT2D eigenvalue weighted by molar-refractivity contribution is -0.121. The Labute approximate surface area is 95.7 Å². The smallest absolute Gasteiger partial charge is 0.221 e. The summed E-state index contributed by atoms with van der Waals surface area (Å²) in [5.74, 6) is 0.0742. The third-order valence-electron chi connectivity index (χ3n) is 1.93. The van der Waals surface area contributed by atoms with E-state index in [9.17, 15) is 4.79 Å². The van der Waals surface area contributed by atoms with Gasteiger partial charge in [-0.05, 0) is 19.9 Å². The van der Waals surface area contributed by atoms with E-state index in [-0.39, 0.29) is 11.9 Å². The minimum Gasteiger partial charge on any atom is -0.354 e. The first-order valence-electron chi connectivity index (χ1n) is 5.43. The van der Waals surface area contributed by atoms with Crippen LogP contribution in [-0.4, -0.2) is 28.5 Å². The molecule has 0 spiro atoms. The molecule has 1 aromatic rings. The SMILES string of the molecule is CC(C)NC(=O)CCNCc1ccncn1. The van der Waals surface area contributed by atoms with Gasteiger partial charge in [-0.2, -0.15) is 0 Å². The lowest BCUT2D eigenvalue weighted by Gasteiger charge is -2.08. The van der Waals surface area contributed by atoms with Gasteiger partial charge in [-0.1, -0.05) is 0 Å². The number of hydrogen-bond donors (Lipinski definition) is 2. The Morgan fingerprint density at radius 1 is 1.50 bits per heavy atom. The van der Waals surface area contributed by atoms with Crippen LogP contribution in [0.1, 0.15) is 26.0 Å². The fourth-order valence-electron chi connectivity index (χ4n) is 1.24. The highest BCUT2D eigenvalue weighted by molar-refractivity contribution is 5.76. The number of rotatable bonds is 6. The van der Waals surface area contributed by atoms with Crippen molar-refractivity contribution < 1.29 is 4.79 Å². The molecule has 0 atom stereocenters. The summed E-state index contributed by atoms with van der Waals surface area (Å²) in [6.07, 6.45) is 3.71. The van der Waals surface area contributed by atoms with Gasteiger partial charge < -0.3 is 10.6 Å². The number of nitrogens with one attached hydrogen (secondary N) is 2. The molecule has 0 saturated carbocycles. The maximum Gasteiger partial charge on any atom is 0.221 e. The molecule has 0 aliphatic rings. The summed E-state index contributed by atoms with van der Waals surface area (Å²) in [5.41, 5.74) is 0.930. The first-order chi connectivity index (χ1) is 7.68. The normalized spacial score (nSPS) is 10.4. The van der Waals surface area contributed by atoms with Crippen LogP contribution in [-0.2, 0) is 11.3 Å². The predicted molar refractivity (Wildman–Crippen MR) is 61.6 cm³/mol. The highest BCUT2D eigenvalue weighted by Crippen LogP contribution is 1.90. The van der Waals surface area contributed by atoms with Gasteiger partial charge >= 0.3 is 0 Å². The number of aromatic nitrogens is 2. The summed E-state index contributed by atoms with van der Waals surface area (Å²) in [5, 5.41) is 5.99.